The zero-order valence-corrected chi connectivity index (χ0v) is 9.49. The minimum Gasteiger partial charge on any atom is -0.342 e. The molecule has 1 rings (SSSR count). The van der Waals surface area contributed by atoms with Crippen molar-refractivity contribution in [3.63, 3.8) is 0 Å². The van der Waals surface area contributed by atoms with Gasteiger partial charge in [-0.25, -0.2) is 0 Å². The van der Waals surface area contributed by atoms with Gasteiger partial charge in [0.25, 0.3) is 0 Å². The Morgan fingerprint density at radius 3 is 3.00 bits per heavy atom. The van der Waals surface area contributed by atoms with E-state index in [1.54, 1.807) is 11.9 Å². The summed E-state index contributed by atoms with van der Waals surface area (Å²) in [7, 11) is 1.79. The highest BCUT2D eigenvalue weighted by molar-refractivity contribution is 5.79. The van der Waals surface area contributed by atoms with E-state index in [0.29, 0.717) is 6.42 Å². The van der Waals surface area contributed by atoms with E-state index in [0.717, 1.165) is 25.9 Å². The quantitative estimate of drug-likeness (QED) is 0.746. The molecule has 4 nitrogen and oxygen atoms in total. The maximum atomic E-state index is 12.0. The normalized spacial score (nSPS) is 22.9. The van der Waals surface area contributed by atoms with E-state index < -0.39 is 0 Å². The van der Waals surface area contributed by atoms with Crippen LogP contribution in [-0.4, -0.2) is 37.0 Å². The maximum Gasteiger partial charge on any atom is 0.226 e. The second-order valence-corrected chi connectivity index (χ2v) is 4.20. The van der Waals surface area contributed by atoms with Gasteiger partial charge in [-0.3, -0.25) is 4.79 Å². The number of nitriles is 1. The molecule has 0 radical (unpaired) electrons. The number of hydrogen-bond donors (Lipinski definition) is 1. The molecule has 0 aromatic rings. The number of rotatable bonds is 3. The number of carbonyl (C=O) groups is 1. The van der Waals surface area contributed by atoms with Gasteiger partial charge < -0.3 is 10.2 Å². The molecule has 1 heterocycles. The zero-order valence-electron chi connectivity index (χ0n) is 9.49. The summed E-state index contributed by atoms with van der Waals surface area (Å²) in [6, 6.07) is 2.11. The van der Waals surface area contributed by atoms with Crippen LogP contribution in [0.25, 0.3) is 0 Å². The molecule has 15 heavy (non-hydrogen) atoms. The Morgan fingerprint density at radius 1 is 1.73 bits per heavy atom. The van der Waals surface area contributed by atoms with Crippen molar-refractivity contribution >= 4 is 5.91 Å². The van der Waals surface area contributed by atoms with Gasteiger partial charge in [0, 0.05) is 19.6 Å². The summed E-state index contributed by atoms with van der Waals surface area (Å²) in [6.45, 7) is 3.71. The Kier molecular flexibility index (Phi) is 4.57. The van der Waals surface area contributed by atoms with E-state index in [9.17, 15) is 4.79 Å². The SMILES string of the molecule is CC(CC#N)N(C)C(=O)C1CCCNC1. The maximum absolute atomic E-state index is 12.0. The lowest BCUT2D eigenvalue weighted by molar-refractivity contribution is -0.136. The van der Waals surface area contributed by atoms with Gasteiger partial charge in [0.2, 0.25) is 5.91 Å². The number of hydrogen-bond acceptors (Lipinski definition) is 3. The Morgan fingerprint density at radius 2 is 2.47 bits per heavy atom. The highest BCUT2D eigenvalue weighted by Crippen LogP contribution is 2.14. The van der Waals surface area contributed by atoms with Crippen LogP contribution in [-0.2, 0) is 4.79 Å². The molecule has 1 N–H and O–H groups in total. The van der Waals surface area contributed by atoms with Gasteiger partial charge in [-0.1, -0.05) is 0 Å². The van der Waals surface area contributed by atoms with Crippen molar-refractivity contribution in [1.82, 2.24) is 10.2 Å². The monoisotopic (exact) mass is 209 g/mol. The standard InChI is InChI=1S/C11H19N3O/c1-9(5-6-12)14(2)11(15)10-4-3-7-13-8-10/h9-10,13H,3-5,7-8H2,1-2H3. The average Bonchev–Trinajstić information content (AvgIpc) is 2.28. The molecular formula is C11H19N3O. The number of piperidine rings is 1. The van der Waals surface area contributed by atoms with Crippen molar-refractivity contribution < 1.29 is 4.79 Å². The lowest BCUT2D eigenvalue weighted by Gasteiger charge is -2.30. The van der Waals surface area contributed by atoms with Gasteiger partial charge in [0.05, 0.1) is 18.4 Å². The molecule has 1 aliphatic heterocycles. The zero-order chi connectivity index (χ0) is 11.3. The van der Waals surface area contributed by atoms with Crippen molar-refractivity contribution in [2.24, 2.45) is 5.92 Å². The molecule has 1 aliphatic rings. The first-order valence-electron chi connectivity index (χ1n) is 5.51. The molecule has 1 fully saturated rings. The summed E-state index contributed by atoms with van der Waals surface area (Å²) in [5.41, 5.74) is 0. The van der Waals surface area contributed by atoms with Crippen LogP contribution in [0.3, 0.4) is 0 Å². The highest BCUT2D eigenvalue weighted by Gasteiger charge is 2.25. The van der Waals surface area contributed by atoms with E-state index in [1.807, 2.05) is 6.92 Å². The molecule has 0 aliphatic carbocycles. The molecule has 2 atom stereocenters. The van der Waals surface area contributed by atoms with Crippen molar-refractivity contribution in [3.05, 3.63) is 0 Å². The molecule has 0 spiro atoms. The van der Waals surface area contributed by atoms with Crippen LogP contribution in [0.4, 0.5) is 0 Å². The van der Waals surface area contributed by atoms with Gasteiger partial charge in [-0.05, 0) is 26.3 Å². The molecule has 0 bridgehead atoms. The molecule has 1 saturated heterocycles. The number of amides is 1. The second-order valence-electron chi connectivity index (χ2n) is 4.20. The lowest BCUT2D eigenvalue weighted by atomic mass is 9.97. The number of nitrogens with one attached hydrogen (secondary N) is 1. The van der Waals surface area contributed by atoms with E-state index in [1.165, 1.54) is 0 Å². The van der Waals surface area contributed by atoms with Crippen molar-refractivity contribution in [3.8, 4) is 6.07 Å². The van der Waals surface area contributed by atoms with Crippen LogP contribution in [0, 0.1) is 17.2 Å². The summed E-state index contributed by atoms with van der Waals surface area (Å²) >= 11 is 0. The smallest absolute Gasteiger partial charge is 0.226 e. The third kappa shape index (κ3) is 3.21. The minimum atomic E-state index is 0.0180. The second kappa shape index (κ2) is 5.72. The third-order valence-electron chi connectivity index (χ3n) is 3.04. The van der Waals surface area contributed by atoms with Gasteiger partial charge in [-0.2, -0.15) is 5.26 Å². The summed E-state index contributed by atoms with van der Waals surface area (Å²) in [6.07, 6.45) is 2.44. The fourth-order valence-corrected chi connectivity index (χ4v) is 1.84. The molecule has 4 heteroatoms. The predicted octanol–water partition coefficient (Wildman–Crippen LogP) is 0.747. The fourth-order valence-electron chi connectivity index (χ4n) is 1.84. The van der Waals surface area contributed by atoms with Crippen molar-refractivity contribution in [2.75, 3.05) is 20.1 Å². The Hall–Kier alpha value is -1.08. The fraction of sp³-hybridized carbons (Fsp3) is 0.818. The lowest BCUT2D eigenvalue weighted by Crippen LogP contribution is -2.44. The summed E-state index contributed by atoms with van der Waals surface area (Å²) in [5.74, 6) is 0.273. The molecular weight excluding hydrogens is 190 g/mol. The van der Waals surface area contributed by atoms with E-state index in [2.05, 4.69) is 11.4 Å². The number of carbonyl (C=O) groups excluding carboxylic acids is 1. The molecule has 84 valence electrons. The molecule has 1 amide bonds. The first-order chi connectivity index (χ1) is 7.16. The van der Waals surface area contributed by atoms with Gasteiger partial charge in [0.15, 0.2) is 0 Å². The summed E-state index contributed by atoms with van der Waals surface area (Å²) < 4.78 is 0. The van der Waals surface area contributed by atoms with Crippen LogP contribution in [0.2, 0.25) is 0 Å². The minimum absolute atomic E-state index is 0.0180. The molecule has 0 aromatic heterocycles. The molecule has 2 unspecified atom stereocenters. The Bertz CT molecular complexity index is 253. The summed E-state index contributed by atoms with van der Waals surface area (Å²) in [5, 5.41) is 11.8. The predicted molar refractivity (Wildman–Crippen MR) is 58.1 cm³/mol. The third-order valence-corrected chi connectivity index (χ3v) is 3.04. The highest BCUT2D eigenvalue weighted by atomic mass is 16.2. The van der Waals surface area contributed by atoms with Gasteiger partial charge in [-0.15, -0.1) is 0 Å². The number of nitrogens with zero attached hydrogens (tertiary/aromatic N) is 2. The van der Waals surface area contributed by atoms with Crippen molar-refractivity contribution in [1.29, 1.82) is 5.26 Å². The van der Waals surface area contributed by atoms with Crippen LogP contribution < -0.4 is 5.32 Å². The van der Waals surface area contributed by atoms with Gasteiger partial charge >= 0.3 is 0 Å². The van der Waals surface area contributed by atoms with E-state index in [-0.39, 0.29) is 17.9 Å². The van der Waals surface area contributed by atoms with Crippen LogP contribution >= 0.6 is 0 Å². The van der Waals surface area contributed by atoms with E-state index >= 15 is 0 Å². The van der Waals surface area contributed by atoms with Crippen LogP contribution in [0.1, 0.15) is 26.2 Å². The van der Waals surface area contributed by atoms with Crippen LogP contribution in [0.5, 0.6) is 0 Å². The first-order valence-corrected chi connectivity index (χ1v) is 5.51. The topological polar surface area (TPSA) is 56.1 Å². The Balaban J connectivity index is 2.47. The van der Waals surface area contributed by atoms with Crippen LogP contribution in [0.15, 0.2) is 0 Å². The van der Waals surface area contributed by atoms with Gasteiger partial charge in [0.1, 0.15) is 0 Å². The summed E-state index contributed by atoms with van der Waals surface area (Å²) in [4.78, 5) is 13.7. The average molecular weight is 209 g/mol. The van der Waals surface area contributed by atoms with Crippen molar-refractivity contribution in [2.45, 2.75) is 32.2 Å². The largest absolute Gasteiger partial charge is 0.342 e. The van der Waals surface area contributed by atoms with E-state index in [4.69, 9.17) is 5.26 Å². The molecule has 0 aromatic carbocycles. The first kappa shape index (κ1) is 12.0. The molecule has 0 saturated carbocycles. The Labute approximate surface area is 91.2 Å².